The standard InChI is InChI=1S/C28H24N2O4/c31-26(18-34-23-13-12-19-6-1-2-7-20(19)16-23)30-28(25-11-5-15-33-25)24-10-3-8-21(27(24)29-30)17-22-9-4-14-32-22/h1-2,4-7,9,11-17,24,28H,3,8,10,18H2/b21-17-/t24-,28-/m1/s1. The summed E-state index contributed by atoms with van der Waals surface area (Å²) >= 11 is 0. The molecular formula is C28H24N2O4. The van der Waals surface area contributed by atoms with Crippen LogP contribution < -0.4 is 4.74 Å². The number of carbonyl (C=O) groups is 1. The Bertz CT molecular complexity index is 1370. The number of nitrogens with zero attached hydrogens (tertiary/aromatic N) is 2. The van der Waals surface area contributed by atoms with Gasteiger partial charge in [-0.15, -0.1) is 0 Å². The van der Waals surface area contributed by atoms with Gasteiger partial charge in [-0.25, -0.2) is 5.01 Å². The van der Waals surface area contributed by atoms with Gasteiger partial charge in [0, 0.05) is 5.92 Å². The maximum atomic E-state index is 13.4. The number of allylic oxidation sites excluding steroid dienone is 1. The van der Waals surface area contributed by atoms with Crippen molar-refractivity contribution in [2.75, 3.05) is 6.61 Å². The molecule has 34 heavy (non-hydrogen) atoms. The third-order valence-corrected chi connectivity index (χ3v) is 6.53. The number of ether oxygens (including phenoxy) is 1. The molecule has 6 nitrogen and oxygen atoms in total. The van der Waals surface area contributed by atoms with Crippen molar-refractivity contribution in [2.24, 2.45) is 11.0 Å². The molecule has 0 bridgehead atoms. The van der Waals surface area contributed by atoms with E-state index in [2.05, 4.69) is 0 Å². The zero-order valence-corrected chi connectivity index (χ0v) is 18.6. The van der Waals surface area contributed by atoms with Crippen molar-refractivity contribution < 1.29 is 18.4 Å². The summed E-state index contributed by atoms with van der Waals surface area (Å²) in [6.07, 6.45) is 8.19. The first-order valence-electron chi connectivity index (χ1n) is 11.6. The van der Waals surface area contributed by atoms with Gasteiger partial charge in [-0.1, -0.05) is 30.3 Å². The quantitative estimate of drug-likeness (QED) is 0.360. The first kappa shape index (κ1) is 20.5. The van der Waals surface area contributed by atoms with Crippen LogP contribution in [0.3, 0.4) is 0 Å². The Hall–Kier alpha value is -4.06. The molecule has 2 aromatic heterocycles. The van der Waals surface area contributed by atoms with E-state index >= 15 is 0 Å². The summed E-state index contributed by atoms with van der Waals surface area (Å²) in [4.78, 5) is 13.4. The Morgan fingerprint density at radius 2 is 1.88 bits per heavy atom. The van der Waals surface area contributed by atoms with E-state index in [1.807, 2.05) is 72.8 Å². The topological polar surface area (TPSA) is 68.2 Å². The molecule has 2 aliphatic rings. The van der Waals surface area contributed by atoms with Gasteiger partial charge in [0.05, 0.1) is 18.2 Å². The predicted molar refractivity (Wildman–Crippen MR) is 129 cm³/mol. The fraction of sp³-hybridized carbons (Fsp3) is 0.214. The molecule has 0 N–H and O–H groups in total. The Kier molecular flexibility index (Phi) is 5.26. The highest BCUT2D eigenvalue weighted by atomic mass is 16.5. The van der Waals surface area contributed by atoms with Gasteiger partial charge in [0.2, 0.25) is 0 Å². The van der Waals surface area contributed by atoms with Crippen molar-refractivity contribution in [3.05, 3.63) is 96.3 Å². The van der Waals surface area contributed by atoms with Gasteiger partial charge in [-0.2, -0.15) is 5.10 Å². The van der Waals surface area contributed by atoms with Crippen LogP contribution in [0.5, 0.6) is 5.75 Å². The molecule has 0 unspecified atom stereocenters. The maximum absolute atomic E-state index is 13.4. The van der Waals surface area contributed by atoms with Crippen LogP contribution >= 0.6 is 0 Å². The van der Waals surface area contributed by atoms with Crippen molar-refractivity contribution in [2.45, 2.75) is 25.3 Å². The van der Waals surface area contributed by atoms with Crippen molar-refractivity contribution in [3.63, 3.8) is 0 Å². The molecule has 0 spiro atoms. The van der Waals surface area contributed by atoms with Crippen LogP contribution in [0.15, 0.2) is 98.8 Å². The van der Waals surface area contributed by atoms with Gasteiger partial charge in [0.15, 0.2) is 6.61 Å². The average Bonchev–Trinajstić information content (AvgIpc) is 3.63. The Balaban J connectivity index is 1.28. The molecule has 2 atom stereocenters. The third kappa shape index (κ3) is 3.81. The number of hydrogen-bond acceptors (Lipinski definition) is 5. The molecule has 1 fully saturated rings. The molecule has 1 saturated carbocycles. The van der Waals surface area contributed by atoms with Gasteiger partial charge in [0.1, 0.15) is 23.3 Å². The normalized spacial score (nSPS) is 21.0. The molecule has 1 aliphatic carbocycles. The van der Waals surface area contributed by atoms with E-state index in [1.54, 1.807) is 17.5 Å². The van der Waals surface area contributed by atoms with Crippen molar-refractivity contribution in [3.8, 4) is 5.75 Å². The van der Waals surface area contributed by atoms with Crippen molar-refractivity contribution >= 4 is 28.5 Å². The van der Waals surface area contributed by atoms with E-state index in [-0.39, 0.29) is 24.5 Å². The second kappa shape index (κ2) is 8.71. The molecule has 4 aromatic rings. The van der Waals surface area contributed by atoms with Crippen LogP contribution in [0.4, 0.5) is 0 Å². The maximum Gasteiger partial charge on any atom is 0.281 e. The minimum atomic E-state index is -0.280. The fourth-order valence-electron chi connectivity index (χ4n) is 4.96. The van der Waals surface area contributed by atoms with Crippen LogP contribution in [-0.4, -0.2) is 23.2 Å². The highest BCUT2D eigenvalue weighted by Crippen LogP contribution is 2.44. The Labute approximate surface area is 197 Å². The SMILES string of the molecule is O=C(COc1ccc2ccccc2c1)N1N=C2/C(=C\c3ccco3)CCC[C@H]2[C@@H]1c1ccco1. The first-order valence-corrected chi connectivity index (χ1v) is 11.6. The summed E-state index contributed by atoms with van der Waals surface area (Å²) in [6, 6.07) is 21.2. The van der Waals surface area contributed by atoms with E-state index < -0.39 is 0 Å². The number of benzene rings is 2. The van der Waals surface area contributed by atoms with E-state index in [1.165, 1.54) is 0 Å². The summed E-state index contributed by atoms with van der Waals surface area (Å²) in [5.74, 6) is 2.06. The van der Waals surface area contributed by atoms with Crippen LogP contribution in [0, 0.1) is 5.92 Å². The van der Waals surface area contributed by atoms with Crippen LogP contribution in [0.2, 0.25) is 0 Å². The predicted octanol–water partition coefficient (Wildman–Crippen LogP) is 6.23. The molecule has 0 radical (unpaired) electrons. The molecule has 6 heteroatoms. The molecule has 1 aliphatic heterocycles. The lowest BCUT2D eigenvalue weighted by Crippen LogP contribution is -2.34. The van der Waals surface area contributed by atoms with E-state index in [0.717, 1.165) is 52.8 Å². The summed E-state index contributed by atoms with van der Waals surface area (Å²) in [5.41, 5.74) is 2.04. The average molecular weight is 453 g/mol. The van der Waals surface area contributed by atoms with Gasteiger partial charge in [-0.3, -0.25) is 4.79 Å². The highest BCUT2D eigenvalue weighted by molar-refractivity contribution is 6.08. The Morgan fingerprint density at radius 3 is 2.71 bits per heavy atom. The second-order valence-electron chi connectivity index (χ2n) is 8.67. The zero-order chi connectivity index (χ0) is 22.9. The molecule has 170 valence electrons. The zero-order valence-electron chi connectivity index (χ0n) is 18.6. The number of furan rings is 2. The fourth-order valence-corrected chi connectivity index (χ4v) is 4.96. The molecule has 6 rings (SSSR count). The number of hydrazone groups is 1. The van der Waals surface area contributed by atoms with Gasteiger partial charge >= 0.3 is 0 Å². The smallest absolute Gasteiger partial charge is 0.281 e. The largest absolute Gasteiger partial charge is 0.484 e. The lowest BCUT2D eigenvalue weighted by atomic mass is 9.79. The van der Waals surface area contributed by atoms with E-state index in [4.69, 9.17) is 18.7 Å². The monoisotopic (exact) mass is 452 g/mol. The minimum absolute atomic E-state index is 0.0748. The van der Waals surface area contributed by atoms with Gasteiger partial charge in [-0.05, 0) is 78.1 Å². The number of amides is 1. The molecular weight excluding hydrogens is 428 g/mol. The number of carbonyl (C=O) groups excluding carboxylic acids is 1. The number of rotatable bonds is 5. The summed E-state index contributed by atoms with van der Waals surface area (Å²) in [7, 11) is 0. The summed E-state index contributed by atoms with van der Waals surface area (Å²) in [6.45, 7) is -0.101. The van der Waals surface area contributed by atoms with Gasteiger partial charge < -0.3 is 13.6 Å². The highest BCUT2D eigenvalue weighted by Gasteiger charge is 2.45. The van der Waals surface area contributed by atoms with Crippen molar-refractivity contribution in [1.29, 1.82) is 0 Å². The molecule has 2 aromatic carbocycles. The van der Waals surface area contributed by atoms with Crippen LogP contribution in [0.1, 0.15) is 36.8 Å². The summed E-state index contributed by atoms with van der Waals surface area (Å²) < 4.78 is 17.2. The Morgan fingerprint density at radius 1 is 1.03 bits per heavy atom. The van der Waals surface area contributed by atoms with Crippen LogP contribution in [0.25, 0.3) is 16.8 Å². The van der Waals surface area contributed by atoms with Gasteiger partial charge in [0.25, 0.3) is 5.91 Å². The minimum Gasteiger partial charge on any atom is -0.484 e. The molecule has 0 saturated heterocycles. The van der Waals surface area contributed by atoms with E-state index in [9.17, 15) is 4.79 Å². The van der Waals surface area contributed by atoms with E-state index in [0.29, 0.717) is 5.75 Å². The lowest BCUT2D eigenvalue weighted by Gasteiger charge is -2.27. The van der Waals surface area contributed by atoms with Crippen LogP contribution in [-0.2, 0) is 4.79 Å². The summed E-state index contributed by atoms with van der Waals surface area (Å²) in [5, 5.41) is 8.58. The first-order chi connectivity index (χ1) is 16.8. The number of hydrogen-bond donors (Lipinski definition) is 0. The lowest BCUT2D eigenvalue weighted by molar-refractivity contribution is -0.136. The second-order valence-corrected chi connectivity index (χ2v) is 8.67. The molecule has 1 amide bonds. The molecule has 3 heterocycles. The van der Waals surface area contributed by atoms with Crippen molar-refractivity contribution in [1.82, 2.24) is 5.01 Å². The third-order valence-electron chi connectivity index (χ3n) is 6.53. The number of fused-ring (bicyclic) bond motifs is 2.